The van der Waals surface area contributed by atoms with E-state index in [-0.39, 0.29) is 23.8 Å². The van der Waals surface area contributed by atoms with Crippen LogP contribution in [0.4, 0.5) is 0 Å². The predicted molar refractivity (Wildman–Crippen MR) is 74.5 cm³/mol. The smallest absolute Gasteiger partial charge is 0.293 e. The first-order valence-electron chi connectivity index (χ1n) is 6.65. The Morgan fingerprint density at radius 1 is 1.65 bits per heavy atom. The molecule has 1 amide bonds. The molecule has 1 saturated heterocycles. The molecule has 2 atom stereocenters. The van der Waals surface area contributed by atoms with Crippen LogP contribution < -0.4 is 10.6 Å². The van der Waals surface area contributed by atoms with Crippen LogP contribution in [-0.4, -0.2) is 22.6 Å². The van der Waals surface area contributed by atoms with Gasteiger partial charge in [-0.15, -0.1) is 11.3 Å². The SMILES string of the molecule is C[C@@H](NC(=O)c1noc(C2CCCN2)n1)c1cccs1. The molecule has 0 aliphatic carbocycles. The average molecular weight is 292 g/mol. The molecular formula is C13H16N4O2S. The Morgan fingerprint density at radius 2 is 2.55 bits per heavy atom. The van der Waals surface area contributed by atoms with Crippen LogP contribution in [0.3, 0.4) is 0 Å². The number of carbonyl (C=O) groups is 1. The summed E-state index contributed by atoms with van der Waals surface area (Å²) in [4.78, 5) is 17.3. The van der Waals surface area contributed by atoms with E-state index in [1.807, 2.05) is 24.4 Å². The van der Waals surface area contributed by atoms with Crippen LogP contribution >= 0.6 is 11.3 Å². The lowest BCUT2D eigenvalue weighted by Gasteiger charge is -2.09. The van der Waals surface area contributed by atoms with Gasteiger partial charge < -0.3 is 15.2 Å². The fraction of sp³-hybridized carbons (Fsp3) is 0.462. The second-order valence-electron chi connectivity index (χ2n) is 4.82. The Bertz CT molecular complexity index is 575. The van der Waals surface area contributed by atoms with Crippen LogP contribution in [0.1, 0.15) is 53.2 Å². The van der Waals surface area contributed by atoms with Gasteiger partial charge in [-0.1, -0.05) is 11.2 Å². The van der Waals surface area contributed by atoms with Crippen molar-refractivity contribution in [1.29, 1.82) is 0 Å². The Kier molecular flexibility index (Phi) is 3.79. The van der Waals surface area contributed by atoms with E-state index in [1.54, 1.807) is 11.3 Å². The minimum Gasteiger partial charge on any atom is -0.342 e. The Labute approximate surface area is 120 Å². The highest BCUT2D eigenvalue weighted by Crippen LogP contribution is 2.22. The van der Waals surface area contributed by atoms with Gasteiger partial charge in [0.25, 0.3) is 11.7 Å². The summed E-state index contributed by atoms with van der Waals surface area (Å²) in [5, 5.41) is 11.9. The van der Waals surface area contributed by atoms with Gasteiger partial charge in [-0.05, 0) is 37.8 Å². The highest BCUT2D eigenvalue weighted by molar-refractivity contribution is 7.10. The maximum Gasteiger partial charge on any atom is 0.293 e. The van der Waals surface area contributed by atoms with Crippen molar-refractivity contribution < 1.29 is 9.32 Å². The van der Waals surface area contributed by atoms with E-state index in [1.165, 1.54) is 0 Å². The van der Waals surface area contributed by atoms with Crippen LogP contribution in [0.15, 0.2) is 22.0 Å². The topological polar surface area (TPSA) is 80.0 Å². The van der Waals surface area contributed by atoms with E-state index in [0.717, 1.165) is 24.3 Å². The third-order valence-corrected chi connectivity index (χ3v) is 4.38. The van der Waals surface area contributed by atoms with Gasteiger partial charge in [-0.25, -0.2) is 0 Å². The van der Waals surface area contributed by atoms with Gasteiger partial charge in [0.2, 0.25) is 5.89 Å². The van der Waals surface area contributed by atoms with E-state index >= 15 is 0 Å². The lowest BCUT2D eigenvalue weighted by atomic mass is 10.2. The summed E-state index contributed by atoms with van der Waals surface area (Å²) in [6, 6.07) is 3.97. The third kappa shape index (κ3) is 2.73. The van der Waals surface area contributed by atoms with E-state index in [2.05, 4.69) is 20.8 Å². The van der Waals surface area contributed by atoms with E-state index in [9.17, 15) is 4.79 Å². The highest BCUT2D eigenvalue weighted by atomic mass is 32.1. The summed E-state index contributed by atoms with van der Waals surface area (Å²) in [6.45, 7) is 2.88. The van der Waals surface area contributed by atoms with E-state index in [0.29, 0.717) is 5.89 Å². The molecule has 3 heterocycles. The number of hydrogen-bond donors (Lipinski definition) is 2. The molecule has 2 aromatic rings. The van der Waals surface area contributed by atoms with Crippen molar-refractivity contribution in [3.05, 3.63) is 34.1 Å². The van der Waals surface area contributed by atoms with Crippen LogP contribution in [0.2, 0.25) is 0 Å². The fourth-order valence-corrected chi connectivity index (χ4v) is 2.97. The summed E-state index contributed by atoms with van der Waals surface area (Å²) in [6.07, 6.45) is 2.05. The van der Waals surface area contributed by atoms with Gasteiger partial charge in [-0.2, -0.15) is 4.98 Å². The Hall–Kier alpha value is -1.73. The van der Waals surface area contributed by atoms with E-state index < -0.39 is 0 Å². The summed E-state index contributed by atoms with van der Waals surface area (Å²) in [5.74, 6) is 0.285. The molecule has 1 aliphatic heterocycles. The largest absolute Gasteiger partial charge is 0.342 e. The number of aromatic nitrogens is 2. The normalized spacial score (nSPS) is 19.9. The minimum absolute atomic E-state index is 0.0611. The highest BCUT2D eigenvalue weighted by Gasteiger charge is 2.24. The van der Waals surface area contributed by atoms with Gasteiger partial charge in [0.1, 0.15) is 0 Å². The van der Waals surface area contributed by atoms with E-state index in [4.69, 9.17) is 4.52 Å². The van der Waals surface area contributed by atoms with Crippen LogP contribution in [0.25, 0.3) is 0 Å². The first-order valence-corrected chi connectivity index (χ1v) is 7.53. The van der Waals surface area contributed by atoms with Crippen molar-refractivity contribution in [2.75, 3.05) is 6.54 Å². The molecule has 6 nitrogen and oxygen atoms in total. The lowest BCUT2D eigenvalue weighted by Crippen LogP contribution is -2.27. The quantitative estimate of drug-likeness (QED) is 0.901. The zero-order valence-electron chi connectivity index (χ0n) is 11.1. The van der Waals surface area contributed by atoms with Gasteiger partial charge >= 0.3 is 0 Å². The van der Waals surface area contributed by atoms with Crippen molar-refractivity contribution in [2.24, 2.45) is 0 Å². The molecule has 3 rings (SSSR count). The molecule has 1 fully saturated rings. The molecule has 20 heavy (non-hydrogen) atoms. The Morgan fingerprint density at radius 3 is 3.25 bits per heavy atom. The summed E-state index contributed by atoms with van der Waals surface area (Å²) in [7, 11) is 0. The molecule has 0 aromatic carbocycles. The predicted octanol–water partition coefficient (Wildman–Crippen LogP) is 2.05. The number of nitrogens with zero attached hydrogens (tertiary/aromatic N) is 2. The first kappa shape index (κ1) is 13.3. The number of amides is 1. The molecular weight excluding hydrogens is 276 g/mol. The van der Waals surface area contributed by atoms with Crippen LogP contribution in [0, 0.1) is 0 Å². The fourth-order valence-electron chi connectivity index (χ4n) is 2.23. The summed E-state index contributed by atoms with van der Waals surface area (Å²) < 4.78 is 5.16. The molecule has 0 bridgehead atoms. The minimum atomic E-state index is -0.307. The molecule has 2 aromatic heterocycles. The number of thiophene rings is 1. The second-order valence-corrected chi connectivity index (χ2v) is 5.80. The average Bonchev–Trinajstić information content (AvgIpc) is 3.19. The molecule has 0 saturated carbocycles. The summed E-state index contributed by atoms with van der Waals surface area (Å²) >= 11 is 1.60. The second kappa shape index (κ2) is 5.72. The molecule has 2 N–H and O–H groups in total. The van der Waals surface area contributed by atoms with Crippen molar-refractivity contribution in [3.8, 4) is 0 Å². The zero-order valence-corrected chi connectivity index (χ0v) is 11.9. The number of carbonyl (C=O) groups excluding carboxylic acids is 1. The number of rotatable bonds is 4. The maximum atomic E-state index is 12.1. The molecule has 7 heteroatoms. The molecule has 1 unspecified atom stereocenters. The Balaban J connectivity index is 1.65. The van der Waals surface area contributed by atoms with Crippen LogP contribution in [-0.2, 0) is 0 Å². The zero-order chi connectivity index (χ0) is 13.9. The standard InChI is InChI=1S/C13H16N4O2S/c1-8(10-5-3-7-20-10)15-12(18)11-16-13(19-17-11)9-4-2-6-14-9/h3,5,7-9,14H,2,4,6H2,1H3,(H,15,18)/t8-,9?/m1/s1. The van der Waals surface area contributed by atoms with Crippen molar-refractivity contribution >= 4 is 17.2 Å². The summed E-state index contributed by atoms with van der Waals surface area (Å²) in [5.41, 5.74) is 0. The van der Waals surface area contributed by atoms with Gasteiger partial charge in [-0.3, -0.25) is 4.79 Å². The third-order valence-electron chi connectivity index (χ3n) is 3.32. The molecule has 0 radical (unpaired) electrons. The monoisotopic (exact) mass is 292 g/mol. The molecule has 1 aliphatic rings. The van der Waals surface area contributed by atoms with Gasteiger partial charge in [0, 0.05) is 4.88 Å². The molecule has 0 spiro atoms. The molecule has 106 valence electrons. The first-order chi connectivity index (χ1) is 9.74. The number of nitrogens with one attached hydrogen (secondary N) is 2. The van der Waals surface area contributed by atoms with Crippen molar-refractivity contribution in [1.82, 2.24) is 20.8 Å². The van der Waals surface area contributed by atoms with Crippen molar-refractivity contribution in [2.45, 2.75) is 31.8 Å². The van der Waals surface area contributed by atoms with Gasteiger partial charge in [0.05, 0.1) is 12.1 Å². The maximum absolute atomic E-state index is 12.1. The van der Waals surface area contributed by atoms with Gasteiger partial charge in [0.15, 0.2) is 0 Å². The lowest BCUT2D eigenvalue weighted by molar-refractivity contribution is 0.0927. The van der Waals surface area contributed by atoms with Crippen LogP contribution in [0.5, 0.6) is 0 Å². The number of hydrogen-bond acceptors (Lipinski definition) is 6. The van der Waals surface area contributed by atoms with Crippen molar-refractivity contribution in [3.63, 3.8) is 0 Å².